The number of aryl methyl sites for hydroxylation is 1. The van der Waals surface area contributed by atoms with Gasteiger partial charge in [-0.05, 0) is 30.8 Å². The van der Waals surface area contributed by atoms with Crippen molar-refractivity contribution in [3.63, 3.8) is 0 Å². The Hall–Kier alpha value is -0.590. The summed E-state index contributed by atoms with van der Waals surface area (Å²) >= 11 is 3.27. The first-order valence-electron chi connectivity index (χ1n) is 6.16. The molecule has 1 aliphatic heterocycles. The van der Waals surface area contributed by atoms with Crippen LogP contribution in [0.4, 0.5) is 0 Å². The number of carbonyl (C=O) groups is 1. The molecule has 2 N–H and O–H groups in total. The molecule has 6 heteroatoms. The summed E-state index contributed by atoms with van der Waals surface area (Å²) in [6, 6.07) is 0. The van der Waals surface area contributed by atoms with Gasteiger partial charge in [-0.2, -0.15) is 11.8 Å². The van der Waals surface area contributed by atoms with Crippen molar-refractivity contribution in [3.8, 4) is 0 Å². The average molecular weight is 286 g/mol. The Labute approximate surface area is 115 Å². The van der Waals surface area contributed by atoms with E-state index < -0.39 is 5.60 Å². The Balaban J connectivity index is 1.87. The quantitative estimate of drug-likeness (QED) is 0.884. The smallest absolute Gasteiger partial charge is 0.263 e. The van der Waals surface area contributed by atoms with Crippen molar-refractivity contribution < 1.29 is 9.90 Å². The van der Waals surface area contributed by atoms with Gasteiger partial charge < -0.3 is 10.4 Å². The number of nitrogens with zero attached hydrogens (tertiary/aromatic N) is 1. The Morgan fingerprint density at radius 3 is 2.89 bits per heavy atom. The van der Waals surface area contributed by atoms with Crippen LogP contribution in [0.1, 0.15) is 34.4 Å². The number of aromatic nitrogens is 1. The summed E-state index contributed by atoms with van der Waals surface area (Å²) in [5.74, 6) is 1.80. The predicted molar refractivity (Wildman–Crippen MR) is 75.3 cm³/mol. The molecule has 1 aliphatic rings. The lowest BCUT2D eigenvalue weighted by Gasteiger charge is -2.31. The van der Waals surface area contributed by atoms with Gasteiger partial charge in [-0.1, -0.05) is 6.92 Å². The van der Waals surface area contributed by atoms with Crippen LogP contribution in [0, 0.1) is 0 Å². The zero-order valence-corrected chi connectivity index (χ0v) is 12.1. The summed E-state index contributed by atoms with van der Waals surface area (Å²) in [6.07, 6.45) is 3.96. The lowest BCUT2D eigenvalue weighted by Crippen LogP contribution is -2.45. The van der Waals surface area contributed by atoms with Crippen LogP contribution in [0.3, 0.4) is 0 Å². The van der Waals surface area contributed by atoms with Gasteiger partial charge >= 0.3 is 0 Å². The molecule has 100 valence electrons. The lowest BCUT2D eigenvalue weighted by molar-refractivity contribution is 0.0312. The second-order valence-corrected chi connectivity index (χ2v) is 6.83. The van der Waals surface area contributed by atoms with Gasteiger partial charge in [-0.15, -0.1) is 11.3 Å². The highest BCUT2D eigenvalue weighted by Crippen LogP contribution is 2.26. The summed E-state index contributed by atoms with van der Waals surface area (Å²) in [7, 11) is 0. The zero-order valence-electron chi connectivity index (χ0n) is 10.4. The van der Waals surface area contributed by atoms with E-state index in [2.05, 4.69) is 10.3 Å². The van der Waals surface area contributed by atoms with Crippen molar-refractivity contribution in [2.24, 2.45) is 0 Å². The van der Waals surface area contributed by atoms with Crippen molar-refractivity contribution in [3.05, 3.63) is 16.1 Å². The molecule has 0 unspecified atom stereocenters. The molecule has 0 radical (unpaired) electrons. The van der Waals surface area contributed by atoms with Crippen LogP contribution in [0.5, 0.6) is 0 Å². The summed E-state index contributed by atoms with van der Waals surface area (Å²) < 4.78 is 0. The molecule has 1 saturated heterocycles. The van der Waals surface area contributed by atoms with Gasteiger partial charge in [0.25, 0.3) is 5.91 Å². The minimum atomic E-state index is -0.723. The molecule has 1 aromatic heterocycles. The van der Waals surface area contributed by atoms with E-state index in [-0.39, 0.29) is 5.91 Å². The largest absolute Gasteiger partial charge is 0.388 e. The van der Waals surface area contributed by atoms with Gasteiger partial charge in [0.2, 0.25) is 0 Å². The van der Waals surface area contributed by atoms with Crippen LogP contribution < -0.4 is 5.32 Å². The van der Waals surface area contributed by atoms with Crippen LogP contribution in [-0.4, -0.2) is 39.6 Å². The first-order chi connectivity index (χ1) is 8.63. The van der Waals surface area contributed by atoms with Gasteiger partial charge in [0.15, 0.2) is 0 Å². The molecular weight excluding hydrogens is 268 g/mol. The second kappa shape index (κ2) is 6.04. The molecule has 4 nitrogen and oxygen atoms in total. The fraction of sp³-hybridized carbons (Fsp3) is 0.667. The fourth-order valence-electron chi connectivity index (χ4n) is 1.84. The topological polar surface area (TPSA) is 62.2 Å². The van der Waals surface area contributed by atoms with Crippen molar-refractivity contribution in [2.75, 3.05) is 18.1 Å². The van der Waals surface area contributed by atoms with Gasteiger partial charge in [-0.25, -0.2) is 4.98 Å². The molecule has 0 spiro atoms. The monoisotopic (exact) mass is 286 g/mol. The predicted octanol–water partition coefficient (Wildman–Crippen LogP) is 1.69. The van der Waals surface area contributed by atoms with E-state index in [4.69, 9.17) is 0 Å². The molecule has 1 aromatic rings. The average Bonchev–Trinajstić information content (AvgIpc) is 2.86. The van der Waals surface area contributed by atoms with Crippen LogP contribution in [0.2, 0.25) is 0 Å². The molecule has 2 heterocycles. The molecule has 1 amide bonds. The van der Waals surface area contributed by atoms with E-state index in [0.717, 1.165) is 35.8 Å². The minimum absolute atomic E-state index is 0.126. The Morgan fingerprint density at radius 2 is 2.28 bits per heavy atom. The fourth-order valence-corrected chi connectivity index (χ4v) is 3.87. The maximum Gasteiger partial charge on any atom is 0.263 e. The van der Waals surface area contributed by atoms with Crippen molar-refractivity contribution in [1.82, 2.24) is 10.3 Å². The lowest BCUT2D eigenvalue weighted by atomic mass is 9.97. The molecule has 2 rings (SSSR count). The highest BCUT2D eigenvalue weighted by atomic mass is 32.2. The van der Waals surface area contributed by atoms with Crippen molar-refractivity contribution >= 4 is 29.0 Å². The number of nitrogens with one attached hydrogen (secondary N) is 1. The van der Waals surface area contributed by atoms with Gasteiger partial charge in [0, 0.05) is 6.54 Å². The highest BCUT2D eigenvalue weighted by Gasteiger charge is 2.30. The number of rotatable bonds is 4. The molecular formula is C12H18N2O2S2. The number of amides is 1. The zero-order chi connectivity index (χ0) is 13.0. The number of thiazole rings is 1. The molecule has 0 atom stereocenters. The van der Waals surface area contributed by atoms with Crippen LogP contribution in [0.15, 0.2) is 6.20 Å². The summed E-state index contributed by atoms with van der Waals surface area (Å²) in [5, 5.41) is 14.1. The number of carbonyl (C=O) groups excluding carboxylic acids is 1. The standard InChI is InChI=1S/C12H18N2O2S2/c1-2-10-13-7-9(18-10)11(15)14-8-12(16)3-5-17-6-4-12/h7,16H,2-6,8H2,1H3,(H,14,15). The molecule has 0 saturated carbocycles. The van der Waals surface area contributed by atoms with Crippen LogP contribution in [-0.2, 0) is 6.42 Å². The first kappa shape index (κ1) is 13.8. The van der Waals surface area contributed by atoms with Crippen molar-refractivity contribution in [1.29, 1.82) is 0 Å². The van der Waals surface area contributed by atoms with E-state index in [0.29, 0.717) is 11.4 Å². The maximum atomic E-state index is 11.9. The SMILES string of the molecule is CCc1ncc(C(=O)NCC2(O)CCSCC2)s1. The molecule has 0 bridgehead atoms. The van der Waals surface area contributed by atoms with Crippen LogP contribution >= 0.6 is 23.1 Å². The van der Waals surface area contributed by atoms with E-state index in [1.54, 1.807) is 6.20 Å². The highest BCUT2D eigenvalue weighted by molar-refractivity contribution is 7.99. The third kappa shape index (κ3) is 3.46. The Morgan fingerprint density at radius 1 is 1.56 bits per heavy atom. The number of hydrogen-bond donors (Lipinski definition) is 2. The first-order valence-corrected chi connectivity index (χ1v) is 8.13. The number of hydrogen-bond acceptors (Lipinski definition) is 5. The molecule has 1 fully saturated rings. The number of aliphatic hydroxyl groups is 1. The molecule has 18 heavy (non-hydrogen) atoms. The van der Waals surface area contributed by atoms with Crippen molar-refractivity contribution in [2.45, 2.75) is 31.8 Å². The summed E-state index contributed by atoms with van der Waals surface area (Å²) in [6.45, 7) is 2.36. The third-order valence-corrected chi connectivity index (χ3v) is 5.21. The molecule has 0 aromatic carbocycles. The summed E-state index contributed by atoms with van der Waals surface area (Å²) in [5.41, 5.74) is -0.723. The Bertz CT molecular complexity index is 414. The van der Waals surface area contributed by atoms with E-state index >= 15 is 0 Å². The minimum Gasteiger partial charge on any atom is -0.388 e. The third-order valence-electron chi connectivity index (χ3n) is 3.08. The van der Waals surface area contributed by atoms with E-state index in [1.807, 2.05) is 18.7 Å². The normalized spacial score (nSPS) is 18.6. The van der Waals surface area contributed by atoms with Gasteiger partial charge in [0.05, 0.1) is 16.8 Å². The van der Waals surface area contributed by atoms with Gasteiger partial charge in [0.1, 0.15) is 4.88 Å². The summed E-state index contributed by atoms with van der Waals surface area (Å²) in [4.78, 5) is 16.7. The van der Waals surface area contributed by atoms with Crippen LogP contribution in [0.25, 0.3) is 0 Å². The molecule has 0 aliphatic carbocycles. The number of thioether (sulfide) groups is 1. The Kier molecular flexibility index (Phi) is 4.64. The van der Waals surface area contributed by atoms with Gasteiger partial charge in [-0.3, -0.25) is 4.79 Å². The van der Waals surface area contributed by atoms with E-state index in [1.165, 1.54) is 11.3 Å². The van der Waals surface area contributed by atoms with E-state index in [9.17, 15) is 9.90 Å². The second-order valence-electron chi connectivity index (χ2n) is 4.49. The maximum absolute atomic E-state index is 11.9.